The van der Waals surface area contributed by atoms with Gasteiger partial charge in [0.2, 0.25) is 5.95 Å². The van der Waals surface area contributed by atoms with Crippen LogP contribution in [0.2, 0.25) is 0 Å². The van der Waals surface area contributed by atoms with Crippen LogP contribution in [0.25, 0.3) is 11.3 Å². The Hall–Kier alpha value is -4.57. The maximum absolute atomic E-state index is 12.8. The second kappa shape index (κ2) is 10.8. The molecular formula is C26H24N6O3S. The fraction of sp³-hybridized carbons (Fsp3) is 0.0769. The number of carbonyl (C=O) groups is 1. The average Bonchev–Trinajstić information content (AvgIpc) is 2.87. The molecule has 0 bridgehead atoms. The highest BCUT2D eigenvalue weighted by Gasteiger charge is 2.11. The molecular weight excluding hydrogens is 476 g/mol. The van der Waals surface area contributed by atoms with Crippen LogP contribution in [0.3, 0.4) is 0 Å². The maximum atomic E-state index is 12.8. The molecule has 0 fully saturated rings. The van der Waals surface area contributed by atoms with E-state index < -0.39 is 10.0 Å². The molecule has 3 N–H and O–H groups in total. The van der Waals surface area contributed by atoms with Gasteiger partial charge in [-0.25, -0.2) is 18.4 Å². The van der Waals surface area contributed by atoms with Crippen molar-refractivity contribution in [1.29, 1.82) is 0 Å². The summed E-state index contributed by atoms with van der Waals surface area (Å²) >= 11 is 0. The maximum Gasteiger partial charge on any atom is 0.255 e. The molecule has 0 saturated carbocycles. The van der Waals surface area contributed by atoms with E-state index in [9.17, 15) is 13.2 Å². The Kier molecular flexibility index (Phi) is 7.36. The van der Waals surface area contributed by atoms with Crippen molar-refractivity contribution in [3.63, 3.8) is 0 Å². The molecule has 0 unspecified atom stereocenters. The second-order valence-corrected chi connectivity index (χ2v) is 9.38. The predicted molar refractivity (Wildman–Crippen MR) is 141 cm³/mol. The lowest BCUT2D eigenvalue weighted by Gasteiger charge is -2.12. The van der Waals surface area contributed by atoms with Crippen LogP contribution in [0.4, 0.5) is 23.0 Å². The number of carbonyl (C=O) groups excluding carboxylic acids is 1. The van der Waals surface area contributed by atoms with Gasteiger partial charge in [0, 0.05) is 52.2 Å². The number of pyridine rings is 1. The third-order valence-corrected chi connectivity index (χ3v) is 6.23. The molecule has 0 radical (unpaired) electrons. The first-order valence-corrected chi connectivity index (χ1v) is 12.6. The van der Waals surface area contributed by atoms with Gasteiger partial charge in [-0.05, 0) is 74.0 Å². The highest BCUT2D eigenvalue weighted by atomic mass is 32.2. The minimum Gasteiger partial charge on any atom is -0.324 e. The number of anilines is 4. The van der Waals surface area contributed by atoms with Gasteiger partial charge < -0.3 is 10.6 Å². The van der Waals surface area contributed by atoms with Crippen molar-refractivity contribution in [2.24, 2.45) is 0 Å². The summed E-state index contributed by atoms with van der Waals surface area (Å²) in [4.78, 5) is 25.7. The molecule has 2 aromatic carbocycles. The summed E-state index contributed by atoms with van der Waals surface area (Å²) in [5.41, 5.74) is 4.62. The van der Waals surface area contributed by atoms with E-state index in [1.165, 1.54) is 18.2 Å². The second-order valence-electron chi connectivity index (χ2n) is 7.81. The first-order valence-electron chi connectivity index (χ1n) is 11.0. The number of sulfonamides is 1. The number of aromatic nitrogens is 3. The first-order chi connectivity index (χ1) is 17.3. The van der Waals surface area contributed by atoms with Crippen LogP contribution in [0.15, 0.2) is 90.7 Å². The SMILES string of the molecule is CC=CS(=O)(=O)Nc1ccc(C(=O)Nc2ccc(C)c(Nc3nccc(-c4cccnc4)n3)c2)cc1. The quantitative estimate of drug-likeness (QED) is 0.307. The average molecular weight is 501 g/mol. The van der Waals surface area contributed by atoms with E-state index in [4.69, 9.17) is 0 Å². The van der Waals surface area contributed by atoms with Crippen molar-refractivity contribution < 1.29 is 13.2 Å². The van der Waals surface area contributed by atoms with Crippen LogP contribution in [-0.2, 0) is 10.0 Å². The molecule has 4 rings (SSSR count). The van der Waals surface area contributed by atoms with Gasteiger partial charge in [0.1, 0.15) is 0 Å². The Labute approximate surface area is 209 Å². The Morgan fingerprint density at radius 1 is 0.972 bits per heavy atom. The van der Waals surface area contributed by atoms with Crippen molar-refractivity contribution in [1.82, 2.24) is 15.0 Å². The normalized spacial score (nSPS) is 11.3. The molecule has 0 spiro atoms. The molecule has 36 heavy (non-hydrogen) atoms. The summed E-state index contributed by atoms with van der Waals surface area (Å²) in [5, 5.41) is 7.14. The van der Waals surface area contributed by atoms with Gasteiger partial charge >= 0.3 is 0 Å². The van der Waals surface area contributed by atoms with Crippen molar-refractivity contribution in [2.75, 3.05) is 15.4 Å². The van der Waals surface area contributed by atoms with Crippen LogP contribution >= 0.6 is 0 Å². The van der Waals surface area contributed by atoms with Crippen LogP contribution in [0, 0.1) is 6.92 Å². The number of allylic oxidation sites excluding steroid dienone is 1. The van der Waals surface area contributed by atoms with Crippen molar-refractivity contribution in [2.45, 2.75) is 13.8 Å². The standard InChI is InChI=1S/C26H24N6O3S/c1-3-15-36(34,35)32-21-10-7-19(8-11-21)25(33)29-22-9-6-18(2)24(16-22)31-26-28-14-12-23(30-26)20-5-4-13-27-17-20/h3-17,32H,1-2H3,(H,29,33)(H,28,30,31). The van der Waals surface area contributed by atoms with Crippen LogP contribution < -0.4 is 15.4 Å². The Balaban J connectivity index is 1.47. The smallest absolute Gasteiger partial charge is 0.255 e. The van der Waals surface area contributed by atoms with Crippen LogP contribution in [0.5, 0.6) is 0 Å². The van der Waals surface area contributed by atoms with E-state index in [2.05, 4.69) is 30.3 Å². The Morgan fingerprint density at radius 2 is 1.75 bits per heavy atom. The van der Waals surface area contributed by atoms with E-state index in [1.807, 2.05) is 31.2 Å². The van der Waals surface area contributed by atoms with Gasteiger partial charge in [-0.15, -0.1) is 0 Å². The van der Waals surface area contributed by atoms with Gasteiger partial charge in [0.05, 0.1) is 5.69 Å². The number of amides is 1. The van der Waals surface area contributed by atoms with E-state index in [0.29, 0.717) is 22.9 Å². The summed E-state index contributed by atoms with van der Waals surface area (Å²) in [7, 11) is -3.57. The largest absolute Gasteiger partial charge is 0.324 e. The zero-order valence-corrected chi connectivity index (χ0v) is 20.5. The number of hydrogen-bond donors (Lipinski definition) is 3. The zero-order valence-electron chi connectivity index (χ0n) is 19.6. The summed E-state index contributed by atoms with van der Waals surface area (Å²) in [6.07, 6.45) is 6.53. The van der Waals surface area contributed by atoms with Crippen LogP contribution in [0.1, 0.15) is 22.8 Å². The van der Waals surface area contributed by atoms with Gasteiger partial charge in [-0.2, -0.15) is 0 Å². The number of nitrogens with one attached hydrogen (secondary N) is 3. The lowest BCUT2D eigenvalue weighted by Crippen LogP contribution is -2.13. The van der Waals surface area contributed by atoms with E-state index in [1.54, 1.807) is 49.8 Å². The Bertz CT molecular complexity index is 1500. The van der Waals surface area contributed by atoms with Crippen LogP contribution in [-0.4, -0.2) is 29.3 Å². The molecule has 4 aromatic rings. The number of rotatable bonds is 8. The molecule has 0 atom stereocenters. The number of benzene rings is 2. The molecule has 0 aliphatic heterocycles. The molecule has 182 valence electrons. The highest BCUT2D eigenvalue weighted by Crippen LogP contribution is 2.25. The van der Waals surface area contributed by atoms with E-state index in [-0.39, 0.29) is 5.91 Å². The fourth-order valence-corrected chi connectivity index (χ4v) is 4.21. The van der Waals surface area contributed by atoms with E-state index in [0.717, 1.165) is 27.9 Å². The number of nitrogens with zero attached hydrogens (tertiary/aromatic N) is 3. The summed E-state index contributed by atoms with van der Waals surface area (Å²) in [6, 6.07) is 17.2. The molecule has 2 aromatic heterocycles. The number of hydrogen-bond acceptors (Lipinski definition) is 7. The minimum absolute atomic E-state index is 0.331. The molecule has 2 heterocycles. The lowest BCUT2D eigenvalue weighted by molar-refractivity contribution is 0.102. The first kappa shape index (κ1) is 24.6. The topological polar surface area (TPSA) is 126 Å². The van der Waals surface area contributed by atoms with E-state index >= 15 is 0 Å². The van der Waals surface area contributed by atoms with Gasteiger partial charge in [-0.3, -0.25) is 14.5 Å². The predicted octanol–water partition coefficient (Wildman–Crippen LogP) is 5.12. The monoisotopic (exact) mass is 500 g/mol. The Morgan fingerprint density at radius 3 is 2.47 bits per heavy atom. The molecule has 0 aliphatic carbocycles. The zero-order chi connectivity index (χ0) is 25.5. The molecule has 10 heteroatoms. The third-order valence-electron chi connectivity index (χ3n) is 5.08. The molecule has 0 aliphatic rings. The summed E-state index contributed by atoms with van der Waals surface area (Å²) in [6.45, 7) is 3.55. The summed E-state index contributed by atoms with van der Waals surface area (Å²) in [5.74, 6) is 0.0846. The van der Waals surface area contributed by atoms with Crippen molar-refractivity contribution in [3.8, 4) is 11.3 Å². The summed E-state index contributed by atoms with van der Waals surface area (Å²) < 4.78 is 26.1. The van der Waals surface area contributed by atoms with Crippen molar-refractivity contribution >= 4 is 38.9 Å². The van der Waals surface area contributed by atoms with Crippen molar-refractivity contribution in [3.05, 3.63) is 102 Å². The fourth-order valence-electron chi connectivity index (χ4n) is 3.32. The van der Waals surface area contributed by atoms with Gasteiger partial charge in [0.25, 0.3) is 15.9 Å². The van der Waals surface area contributed by atoms with Gasteiger partial charge in [-0.1, -0.05) is 12.1 Å². The molecule has 1 amide bonds. The molecule has 0 saturated heterocycles. The van der Waals surface area contributed by atoms with Gasteiger partial charge in [0.15, 0.2) is 0 Å². The number of aryl methyl sites for hydroxylation is 1. The highest BCUT2D eigenvalue weighted by molar-refractivity contribution is 7.95. The molecule has 9 nitrogen and oxygen atoms in total. The lowest BCUT2D eigenvalue weighted by atomic mass is 10.1. The minimum atomic E-state index is -3.57. The third kappa shape index (κ3) is 6.30.